The molecule has 9 heteroatoms. The van der Waals surface area contributed by atoms with Crippen molar-refractivity contribution in [1.82, 2.24) is 0 Å². The molecule has 0 fully saturated rings. The number of nitrogens with zero attached hydrogens (tertiary/aromatic N) is 1. The molecular formula is C26H23FN2O5S. The number of hydrogen-bond donors (Lipinski definition) is 1. The molecule has 0 spiro atoms. The molecule has 3 rings (SSSR count). The molecule has 0 atom stereocenters. The first-order valence-electron chi connectivity index (χ1n) is 10.5. The lowest BCUT2D eigenvalue weighted by Gasteiger charge is -2.10. The molecule has 0 aliphatic heterocycles. The molecule has 0 aliphatic carbocycles. The maximum atomic E-state index is 13.4. The number of nitriles is 1. The second kappa shape index (κ2) is 11.3. The zero-order valence-corrected chi connectivity index (χ0v) is 20.4. The van der Waals surface area contributed by atoms with Crippen molar-refractivity contribution in [3.05, 3.63) is 69.9 Å². The molecule has 1 heterocycles. The Bertz CT molecular complexity index is 1320. The third-order valence-corrected chi connectivity index (χ3v) is 6.02. The summed E-state index contributed by atoms with van der Waals surface area (Å²) < 4.78 is 29.2. The number of amides is 1. The van der Waals surface area contributed by atoms with Gasteiger partial charge in [-0.15, -0.1) is 11.3 Å². The summed E-state index contributed by atoms with van der Waals surface area (Å²) in [4.78, 5) is 26.3. The fourth-order valence-electron chi connectivity index (χ4n) is 3.43. The largest absolute Gasteiger partial charge is 0.493 e. The van der Waals surface area contributed by atoms with E-state index in [9.17, 15) is 19.2 Å². The summed E-state index contributed by atoms with van der Waals surface area (Å²) in [6.45, 7) is 4.08. The van der Waals surface area contributed by atoms with E-state index in [0.29, 0.717) is 39.7 Å². The third-order valence-electron chi connectivity index (χ3n) is 5.00. The van der Waals surface area contributed by atoms with Gasteiger partial charge in [0.1, 0.15) is 28.0 Å². The summed E-state index contributed by atoms with van der Waals surface area (Å²) in [5.74, 6) is -0.770. The van der Waals surface area contributed by atoms with Gasteiger partial charge in [0.05, 0.1) is 20.8 Å². The quantitative estimate of drug-likeness (QED) is 0.249. The highest BCUT2D eigenvalue weighted by Crippen LogP contribution is 2.40. The Kier molecular flexibility index (Phi) is 8.23. The molecule has 3 aromatic rings. The Morgan fingerprint density at radius 1 is 1.14 bits per heavy atom. The van der Waals surface area contributed by atoms with Crippen LogP contribution in [0.5, 0.6) is 11.5 Å². The summed E-state index contributed by atoms with van der Waals surface area (Å²) in [5, 5.41) is 12.5. The van der Waals surface area contributed by atoms with E-state index in [0.717, 1.165) is 11.3 Å². The van der Waals surface area contributed by atoms with E-state index in [2.05, 4.69) is 5.32 Å². The predicted molar refractivity (Wildman–Crippen MR) is 132 cm³/mol. The number of hydrogen-bond acceptors (Lipinski definition) is 7. The summed E-state index contributed by atoms with van der Waals surface area (Å²) >= 11 is 1.16. The Hall–Kier alpha value is -4.16. The minimum Gasteiger partial charge on any atom is -0.493 e. The van der Waals surface area contributed by atoms with Crippen molar-refractivity contribution >= 4 is 34.3 Å². The fraction of sp³-hybridized carbons (Fsp3) is 0.192. The van der Waals surface area contributed by atoms with Crippen LogP contribution in [-0.4, -0.2) is 32.7 Å². The van der Waals surface area contributed by atoms with Crippen molar-refractivity contribution in [3.8, 4) is 28.7 Å². The summed E-state index contributed by atoms with van der Waals surface area (Å²) in [5.41, 5.74) is 1.63. The van der Waals surface area contributed by atoms with Crippen LogP contribution in [0.25, 0.3) is 17.2 Å². The number of carbonyl (C=O) groups excluding carboxylic acids is 2. The molecule has 0 radical (unpaired) electrons. The van der Waals surface area contributed by atoms with Gasteiger partial charge in [-0.05, 0) is 55.3 Å². The molecule has 1 amide bonds. The molecule has 0 saturated heterocycles. The van der Waals surface area contributed by atoms with Gasteiger partial charge < -0.3 is 19.5 Å². The van der Waals surface area contributed by atoms with Crippen LogP contribution >= 0.6 is 11.3 Å². The Morgan fingerprint density at radius 2 is 1.86 bits per heavy atom. The molecule has 180 valence electrons. The molecule has 0 saturated carbocycles. The van der Waals surface area contributed by atoms with E-state index in [1.165, 1.54) is 32.4 Å². The number of benzene rings is 2. The number of nitrogens with one attached hydrogen (secondary N) is 1. The maximum Gasteiger partial charge on any atom is 0.341 e. The Balaban J connectivity index is 1.98. The number of methoxy groups -OCH3 is 2. The number of rotatable bonds is 8. The summed E-state index contributed by atoms with van der Waals surface area (Å²) in [6.07, 6.45) is 1.41. The average Bonchev–Trinajstić information content (AvgIpc) is 3.18. The van der Waals surface area contributed by atoms with E-state index in [1.807, 2.05) is 13.0 Å². The van der Waals surface area contributed by atoms with Crippen LogP contribution in [0.1, 0.15) is 27.7 Å². The predicted octanol–water partition coefficient (Wildman–Crippen LogP) is 5.60. The van der Waals surface area contributed by atoms with E-state index in [-0.39, 0.29) is 16.1 Å². The van der Waals surface area contributed by atoms with Gasteiger partial charge >= 0.3 is 5.97 Å². The van der Waals surface area contributed by atoms with Crippen molar-refractivity contribution < 1.29 is 28.2 Å². The van der Waals surface area contributed by atoms with Gasteiger partial charge in [-0.25, -0.2) is 9.18 Å². The van der Waals surface area contributed by atoms with Crippen molar-refractivity contribution in [3.63, 3.8) is 0 Å². The minimum atomic E-state index is -0.697. The molecule has 0 unspecified atom stereocenters. The zero-order chi connectivity index (χ0) is 25.5. The van der Waals surface area contributed by atoms with Crippen molar-refractivity contribution in [1.29, 1.82) is 5.26 Å². The van der Waals surface area contributed by atoms with Crippen LogP contribution < -0.4 is 14.8 Å². The van der Waals surface area contributed by atoms with Gasteiger partial charge in [0.15, 0.2) is 11.5 Å². The number of anilines is 1. The average molecular weight is 495 g/mol. The Morgan fingerprint density at radius 3 is 2.46 bits per heavy atom. The number of thiophene rings is 1. The van der Waals surface area contributed by atoms with Gasteiger partial charge in [-0.1, -0.05) is 18.2 Å². The highest BCUT2D eigenvalue weighted by Gasteiger charge is 2.26. The first-order chi connectivity index (χ1) is 16.8. The standard InChI is InChI=1S/C26H23FN2O5S/c1-5-34-20-11-6-16(13-21(20)32-3)12-18(14-28)24(30)29-25-23(26(31)33-4)22(15(2)35-25)17-7-9-19(27)10-8-17/h6-13H,5H2,1-4H3,(H,29,30)/b18-12+. The maximum absolute atomic E-state index is 13.4. The molecule has 0 aliphatic rings. The normalized spacial score (nSPS) is 10.9. The van der Waals surface area contributed by atoms with Crippen LogP contribution in [0.3, 0.4) is 0 Å². The lowest BCUT2D eigenvalue weighted by molar-refractivity contribution is -0.112. The van der Waals surface area contributed by atoms with Crippen molar-refractivity contribution in [2.24, 2.45) is 0 Å². The molecule has 1 aromatic heterocycles. The SMILES string of the molecule is CCOc1ccc(/C=C(\C#N)C(=O)Nc2sc(C)c(-c3ccc(F)cc3)c2C(=O)OC)cc1OC. The lowest BCUT2D eigenvalue weighted by Crippen LogP contribution is -2.15. The lowest BCUT2D eigenvalue weighted by atomic mass is 10.0. The first-order valence-corrected chi connectivity index (χ1v) is 11.4. The van der Waals surface area contributed by atoms with Crippen LogP contribution in [0.4, 0.5) is 9.39 Å². The molecule has 7 nitrogen and oxygen atoms in total. The number of esters is 1. The van der Waals surface area contributed by atoms with E-state index in [4.69, 9.17) is 14.2 Å². The number of ether oxygens (including phenoxy) is 3. The number of halogens is 1. The molecule has 2 aromatic carbocycles. The third kappa shape index (κ3) is 5.67. The monoisotopic (exact) mass is 494 g/mol. The Labute approximate surface area is 206 Å². The van der Waals surface area contributed by atoms with E-state index in [1.54, 1.807) is 37.3 Å². The van der Waals surface area contributed by atoms with Crippen LogP contribution in [0.15, 0.2) is 48.0 Å². The summed E-state index contributed by atoms with van der Waals surface area (Å²) in [6, 6.07) is 12.6. The highest BCUT2D eigenvalue weighted by molar-refractivity contribution is 7.17. The van der Waals surface area contributed by atoms with E-state index >= 15 is 0 Å². The smallest absolute Gasteiger partial charge is 0.341 e. The second-order valence-electron chi connectivity index (χ2n) is 7.20. The summed E-state index contributed by atoms with van der Waals surface area (Å²) in [7, 11) is 2.73. The van der Waals surface area contributed by atoms with Gasteiger partial charge in [0.2, 0.25) is 0 Å². The molecule has 35 heavy (non-hydrogen) atoms. The van der Waals surface area contributed by atoms with Crippen molar-refractivity contribution in [2.45, 2.75) is 13.8 Å². The van der Waals surface area contributed by atoms with Crippen LogP contribution in [0.2, 0.25) is 0 Å². The molecule has 1 N–H and O–H groups in total. The topological polar surface area (TPSA) is 97.7 Å². The molecular weight excluding hydrogens is 471 g/mol. The van der Waals surface area contributed by atoms with Crippen molar-refractivity contribution in [2.75, 3.05) is 26.1 Å². The second-order valence-corrected chi connectivity index (χ2v) is 8.43. The fourth-order valence-corrected chi connectivity index (χ4v) is 4.49. The zero-order valence-electron chi connectivity index (χ0n) is 19.6. The van der Waals surface area contributed by atoms with Crippen LogP contribution in [-0.2, 0) is 9.53 Å². The first kappa shape index (κ1) is 25.5. The van der Waals surface area contributed by atoms with Gasteiger partial charge in [-0.2, -0.15) is 5.26 Å². The number of carbonyl (C=O) groups is 2. The minimum absolute atomic E-state index is 0.134. The molecule has 0 bridgehead atoms. The van der Waals surface area contributed by atoms with Crippen LogP contribution in [0, 0.1) is 24.1 Å². The number of aryl methyl sites for hydroxylation is 1. The van der Waals surface area contributed by atoms with Gasteiger partial charge in [-0.3, -0.25) is 4.79 Å². The van der Waals surface area contributed by atoms with Gasteiger partial charge in [0.25, 0.3) is 5.91 Å². The van der Waals surface area contributed by atoms with Gasteiger partial charge in [0, 0.05) is 10.4 Å². The van der Waals surface area contributed by atoms with E-state index < -0.39 is 17.7 Å². The highest BCUT2D eigenvalue weighted by atomic mass is 32.1.